The molecule has 0 aliphatic carbocycles. The number of carbonyl (C=O) groups is 1. The predicted octanol–water partition coefficient (Wildman–Crippen LogP) is 2.45. The first-order chi connectivity index (χ1) is 8.49. The third-order valence-electron chi connectivity index (χ3n) is 2.75. The number of nitrogens with zero attached hydrogens (tertiary/aromatic N) is 3. The Balaban J connectivity index is 2.21. The second kappa shape index (κ2) is 4.89. The Kier molecular flexibility index (Phi) is 3.47. The summed E-state index contributed by atoms with van der Waals surface area (Å²) in [4.78, 5) is 16.2. The molecule has 0 saturated heterocycles. The average molecular weight is 309 g/mol. The van der Waals surface area contributed by atoms with Crippen molar-refractivity contribution >= 4 is 27.5 Å². The average Bonchev–Trinajstić information content (AvgIpc) is 2.65. The molecule has 1 amide bonds. The molecule has 1 N–H and O–H groups in total. The maximum absolute atomic E-state index is 12.0. The fraction of sp³-hybridized carbons (Fsp3) is 0.250. The van der Waals surface area contributed by atoms with E-state index >= 15 is 0 Å². The maximum Gasteiger partial charge on any atom is 0.259 e. The van der Waals surface area contributed by atoms with Gasteiger partial charge >= 0.3 is 0 Å². The van der Waals surface area contributed by atoms with Crippen LogP contribution in [0.3, 0.4) is 0 Å². The molecule has 18 heavy (non-hydrogen) atoms. The van der Waals surface area contributed by atoms with Crippen LogP contribution in [0, 0.1) is 13.8 Å². The number of rotatable bonds is 2. The third kappa shape index (κ3) is 2.43. The quantitative estimate of drug-likeness (QED) is 0.867. The molecule has 6 heteroatoms. The lowest BCUT2D eigenvalue weighted by molar-refractivity contribution is 0.102. The Morgan fingerprint density at radius 3 is 2.67 bits per heavy atom. The number of aromatic nitrogens is 3. The molecule has 0 aromatic carbocycles. The second-order valence-electron chi connectivity index (χ2n) is 4.05. The molecule has 0 unspecified atom stereocenters. The van der Waals surface area contributed by atoms with Crippen molar-refractivity contribution in [2.24, 2.45) is 7.05 Å². The number of hydrogen-bond acceptors (Lipinski definition) is 3. The van der Waals surface area contributed by atoms with Crippen LogP contribution in [0.4, 0.5) is 5.69 Å². The Labute approximate surface area is 113 Å². The van der Waals surface area contributed by atoms with Crippen molar-refractivity contribution in [2.45, 2.75) is 13.8 Å². The molecule has 2 aromatic rings. The van der Waals surface area contributed by atoms with Gasteiger partial charge in [0.2, 0.25) is 0 Å². The van der Waals surface area contributed by atoms with Crippen LogP contribution in [-0.4, -0.2) is 20.7 Å². The molecule has 5 nitrogen and oxygen atoms in total. The van der Waals surface area contributed by atoms with E-state index in [1.165, 1.54) is 0 Å². The topological polar surface area (TPSA) is 59.8 Å². The first-order valence-corrected chi connectivity index (χ1v) is 6.20. The largest absolute Gasteiger partial charge is 0.320 e. The third-order valence-corrected chi connectivity index (χ3v) is 3.58. The van der Waals surface area contributed by atoms with Gasteiger partial charge in [-0.3, -0.25) is 9.48 Å². The van der Waals surface area contributed by atoms with Crippen LogP contribution in [0.1, 0.15) is 21.6 Å². The van der Waals surface area contributed by atoms with Crippen LogP contribution >= 0.6 is 15.9 Å². The first-order valence-electron chi connectivity index (χ1n) is 5.41. The van der Waals surface area contributed by atoms with E-state index < -0.39 is 0 Å². The molecule has 0 saturated carbocycles. The van der Waals surface area contributed by atoms with Gasteiger partial charge in [-0.25, -0.2) is 4.98 Å². The van der Waals surface area contributed by atoms with E-state index in [0.29, 0.717) is 11.3 Å². The minimum absolute atomic E-state index is 0.177. The van der Waals surface area contributed by atoms with Crippen LogP contribution in [0.2, 0.25) is 0 Å². The molecule has 0 aliphatic rings. The van der Waals surface area contributed by atoms with Gasteiger partial charge in [-0.1, -0.05) is 0 Å². The molecule has 0 spiro atoms. The van der Waals surface area contributed by atoms with Gasteiger partial charge in [-0.2, -0.15) is 5.10 Å². The van der Waals surface area contributed by atoms with E-state index in [-0.39, 0.29) is 5.91 Å². The fourth-order valence-corrected chi connectivity index (χ4v) is 1.76. The second-order valence-corrected chi connectivity index (χ2v) is 4.80. The zero-order chi connectivity index (χ0) is 13.3. The number of halogens is 1. The number of nitrogens with one attached hydrogen (secondary N) is 1. The Bertz CT molecular complexity index is 606. The monoisotopic (exact) mass is 308 g/mol. The van der Waals surface area contributed by atoms with E-state index in [9.17, 15) is 4.79 Å². The highest BCUT2D eigenvalue weighted by Crippen LogP contribution is 2.17. The molecule has 0 fully saturated rings. The number of pyridine rings is 1. The van der Waals surface area contributed by atoms with Crippen LogP contribution < -0.4 is 5.32 Å². The van der Waals surface area contributed by atoms with Crippen LogP contribution in [0.15, 0.2) is 23.1 Å². The predicted molar refractivity (Wildman–Crippen MR) is 72.6 cm³/mol. The normalized spacial score (nSPS) is 10.4. The lowest BCUT2D eigenvalue weighted by atomic mass is 10.2. The maximum atomic E-state index is 12.0. The summed E-state index contributed by atoms with van der Waals surface area (Å²) in [7, 11) is 1.80. The van der Waals surface area contributed by atoms with Gasteiger partial charge in [0, 0.05) is 12.7 Å². The summed E-state index contributed by atoms with van der Waals surface area (Å²) >= 11 is 3.32. The minimum atomic E-state index is -0.177. The summed E-state index contributed by atoms with van der Waals surface area (Å²) in [5, 5.41) is 6.85. The van der Waals surface area contributed by atoms with Crippen molar-refractivity contribution < 1.29 is 4.79 Å². The van der Waals surface area contributed by atoms with Crippen molar-refractivity contribution in [3.05, 3.63) is 39.9 Å². The zero-order valence-electron chi connectivity index (χ0n) is 10.4. The summed E-state index contributed by atoms with van der Waals surface area (Å²) in [5.74, 6) is -0.177. The van der Waals surface area contributed by atoms with E-state index in [0.717, 1.165) is 15.9 Å². The molecule has 0 bridgehead atoms. The van der Waals surface area contributed by atoms with Crippen LogP contribution in [-0.2, 0) is 7.05 Å². The molecule has 0 aliphatic heterocycles. The number of anilines is 1. The summed E-state index contributed by atoms with van der Waals surface area (Å²) in [5.41, 5.74) is 3.03. The van der Waals surface area contributed by atoms with Crippen molar-refractivity contribution in [1.82, 2.24) is 14.8 Å². The fourth-order valence-electron chi connectivity index (χ4n) is 1.55. The van der Waals surface area contributed by atoms with E-state index in [1.807, 2.05) is 19.9 Å². The van der Waals surface area contributed by atoms with E-state index in [2.05, 4.69) is 31.3 Å². The molecule has 2 heterocycles. The Hall–Kier alpha value is -1.69. The smallest absolute Gasteiger partial charge is 0.259 e. The number of aryl methyl sites for hydroxylation is 2. The van der Waals surface area contributed by atoms with E-state index in [4.69, 9.17) is 0 Å². The van der Waals surface area contributed by atoms with E-state index in [1.54, 1.807) is 24.1 Å². The number of carbonyl (C=O) groups excluding carboxylic acids is 1. The molecular formula is C12H13BrN4O. The van der Waals surface area contributed by atoms with Crippen molar-refractivity contribution in [2.75, 3.05) is 5.32 Å². The van der Waals surface area contributed by atoms with Gasteiger partial charge in [0.15, 0.2) is 0 Å². The molecule has 94 valence electrons. The molecule has 0 radical (unpaired) electrons. The van der Waals surface area contributed by atoms with Crippen molar-refractivity contribution in [3.63, 3.8) is 0 Å². The summed E-state index contributed by atoms with van der Waals surface area (Å²) in [6.07, 6.45) is 3.17. The Morgan fingerprint density at radius 1 is 1.39 bits per heavy atom. The summed E-state index contributed by atoms with van der Waals surface area (Å²) in [6, 6.07) is 1.86. The SMILES string of the molecule is Cc1cc(NC(=O)c2cnn(C)c2C)cnc1Br. The van der Waals surface area contributed by atoms with Gasteiger partial charge in [0.25, 0.3) is 5.91 Å². The molecule has 0 atom stereocenters. The minimum Gasteiger partial charge on any atom is -0.320 e. The van der Waals surface area contributed by atoms with Gasteiger partial charge in [-0.05, 0) is 41.4 Å². The summed E-state index contributed by atoms with van der Waals surface area (Å²) < 4.78 is 2.44. The zero-order valence-corrected chi connectivity index (χ0v) is 11.9. The van der Waals surface area contributed by atoms with Crippen molar-refractivity contribution in [3.8, 4) is 0 Å². The van der Waals surface area contributed by atoms with Gasteiger partial charge < -0.3 is 5.32 Å². The van der Waals surface area contributed by atoms with Gasteiger partial charge in [-0.15, -0.1) is 0 Å². The highest BCUT2D eigenvalue weighted by atomic mass is 79.9. The Morgan fingerprint density at radius 2 is 2.11 bits per heavy atom. The van der Waals surface area contributed by atoms with Crippen LogP contribution in [0.5, 0.6) is 0 Å². The molecular weight excluding hydrogens is 296 g/mol. The molecule has 2 rings (SSSR count). The highest BCUT2D eigenvalue weighted by molar-refractivity contribution is 9.10. The lowest BCUT2D eigenvalue weighted by Gasteiger charge is -2.06. The van der Waals surface area contributed by atoms with Gasteiger partial charge in [0.1, 0.15) is 4.60 Å². The number of amides is 1. The molecule has 2 aromatic heterocycles. The van der Waals surface area contributed by atoms with Gasteiger partial charge in [0.05, 0.1) is 23.6 Å². The summed E-state index contributed by atoms with van der Waals surface area (Å²) in [6.45, 7) is 3.77. The lowest BCUT2D eigenvalue weighted by Crippen LogP contribution is -2.13. The van der Waals surface area contributed by atoms with Crippen molar-refractivity contribution in [1.29, 1.82) is 0 Å². The number of hydrogen-bond donors (Lipinski definition) is 1. The van der Waals surface area contributed by atoms with Crippen LogP contribution in [0.25, 0.3) is 0 Å². The standard InChI is InChI=1S/C12H13BrN4O/c1-7-4-9(5-14-11(7)13)16-12(18)10-6-15-17(3)8(10)2/h4-6H,1-3H3,(H,16,18). The highest BCUT2D eigenvalue weighted by Gasteiger charge is 2.13. The first kappa shape index (κ1) is 12.8.